The maximum absolute atomic E-state index is 12.0. The van der Waals surface area contributed by atoms with Crippen molar-refractivity contribution < 1.29 is 4.79 Å². The number of thioether (sulfide) groups is 1. The lowest BCUT2D eigenvalue weighted by Crippen LogP contribution is -2.11. The van der Waals surface area contributed by atoms with Gasteiger partial charge in [-0.25, -0.2) is 0 Å². The molecule has 2 N–H and O–H groups in total. The van der Waals surface area contributed by atoms with Gasteiger partial charge in [0.05, 0.1) is 0 Å². The van der Waals surface area contributed by atoms with Crippen LogP contribution in [0.15, 0.2) is 45.3 Å². The summed E-state index contributed by atoms with van der Waals surface area (Å²) in [6.07, 6.45) is 1.71. The van der Waals surface area contributed by atoms with Gasteiger partial charge in [-0.3, -0.25) is 10.1 Å². The fourth-order valence-corrected chi connectivity index (χ4v) is 3.86. The number of carbonyl (C=O) groups is 1. The van der Waals surface area contributed by atoms with Crippen LogP contribution in [0.5, 0.6) is 0 Å². The lowest BCUT2D eigenvalue weighted by molar-refractivity contribution is 0.102. The first-order chi connectivity index (χ1) is 11.1. The smallest absolute Gasteiger partial charge is 0.273 e. The molecule has 8 heteroatoms. The van der Waals surface area contributed by atoms with Crippen LogP contribution in [0.3, 0.4) is 0 Å². The number of nitrogens with zero attached hydrogens (tertiary/aromatic N) is 2. The van der Waals surface area contributed by atoms with Gasteiger partial charge in [0.1, 0.15) is 5.69 Å². The highest BCUT2D eigenvalue weighted by atomic mass is 79.9. The zero-order valence-corrected chi connectivity index (χ0v) is 15.4. The predicted octanol–water partition coefficient (Wildman–Crippen LogP) is 4.48. The summed E-state index contributed by atoms with van der Waals surface area (Å²) in [6, 6.07) is 10.1. The van der Waals surface area contributed by atoms with Gasteiger partial charge in [-0.1, -0.05) is 52.9 Å². The van der Waals surface area contributed by atoms with Crippen molar-refractivity contribution in [3.63, 3.8) is 0 Å². The van der Waals surface area contributed by atoms with Gasteiger partial charge in [0, 0.05) is 16.4 Å². The SMILES string of the molecule is Cc1ccc(CSc2nnc(NC(=O)c3cc(Br)c[nH]3)s2)cc1. The molecule has 0 fully saturated rings. The topological polar surface area (TPSA) is 70.7 Å². The summed E-state index contributed by atoms with van der Waals surface area (Å²) < 4.78 is 1.66. The first-order valence-electron chi connectivity index (χ1n) is 6.77. The van der Waals surface area contributed by atoms with Gasteiger partial charge in [-0.2, -0.15) is 0 Å². The molecule has 118 valence electrons. The number of carbonyl (C=O) groups excluding carboxylic acids is 1. The van der Waals surface area contributed by atoms with Gasteiger partial charge < -0.3 is 4.98 Å². The molecule has 0 aliphatic rings. The molecule has 0 spiro atoms. The molecule has 0 aliphatic heterocycles. The van der Waals surface area contributed by atoms with E-state index in [2.05, 4.69) is 67.6 Å². The van der Waals surface area contributed by atoms with Crippen molar-refractivity contribution in [3.8, 4) is 0 Å². The molecule has 0 bridgehead atoms. The Morgan fingerprint density at radius 3 is 2.83 bits per heavy atom. The molecule has 1 aromatic carbocycles. The highest BCUT2D eigenvalue weighted by Crippen LogP contribution is 2.28. The lowest BCUT2D eigenvalue weighted by Gasteiger charge is -1.99. The molecule has 0 radical (unpaired) electrons. The molecule has 2 heterocycles. The van der Waals surface area contributed by atoms with Crippen molar-refractivity contribution in [3.05, 3.63) is 57.8 Å². The second-order valence-corrected chi connectivity index (χ2v) is 7.95. The number of hydrogen-bond acceptors (Lipinski definition) is 5. The van der Waals surface area contributed by atoms with Gasteiger partial charge in [-0.05, 0) is 34.5 Å². The maximum Gasteiger partial charge on any atom is 0.273 e. The number of anilines is 1. The summed E-state index contributed by atoms with van der Waals surface area (Å²) in [6.45, 7) is 2.07. The molecule has 3 aromatic rings. The van der Waals surface area contributed by atoms with E-state index in [1.54, 1.807) is 24.0 Å². The number of amides is 1. The van der Waals surface area contributed by atoms with Crippen molar-refractivity contribution in [1.82, 2.24) is 15.2 Å². The van der Waals surface area contributed by atoms with Crippen molar-refractivity contribution >= 4 is 50.1 Å². The number of hydrogen-bond donors (Lipinski definition) is 2. The van der Waals surface area contributed by atoms with Crippen molar-refractivity contribution in [1.29, 1.82) is 0 Å². The molecule has 0 aliphatic carbocycles. The quantitative estimate of drug-likeness (QED) is 0.482. The number of benzene rings is 1. The lowest BCUT2D eigenvalue weighted by atomic mass is 10.2. The molecule has 0 saturated carbocycles. The Balaban J connectivity index is 1.57. The highest BCUT2D eigenvalue weighted by Gasteiger charge is 2.12. The summed E-state index contributed by atoms with van der Waals surface area (Å²) >= 11 is 6.27. The van der Waals surface area contributed by atoms with E-state index < -0.39 is 0 Å². The molecule has 23 heavy (non-hydrogen) atoms. The fourth-order valence-electron chi connectivity index (χ4n) is 1.81. The van der Waals surface area contributed by atoms with Crippen LogP contribution in [-0.4, -0.2) is 21.1 Å². The van der Waals surface area contributed by atoms with Gasteiger partial charge in [0.2, 0.25) is 5.13 Å². The summed E-state index contributed by atoms with van der Waals surface area (Å²) in [5.74, 6) is 0.592. The molecule has 0 saturated heterocycles. The van der Waals surface area contributed by atoms with E-state index in [-0.39, 0.29) is 5.91 Å². The van der Waals surface area contributed by atoms with E-state index in [0.29, 0.717) is 10.8 Å². The minimum atomic E-state index is -0.234. The molecule has 3 rings (SSSR count). The largest absolute Gasteiger partial charge is 0.356 e. The van der Waals surface area contributed by atoms with Crippen molar-refractivity contribution in [2.45, 2.75) is 17.0 Å². The maximum atomic E-state index is 12.0. The minimum absolute atomic E-state index is 0.234. The molecule has 2 aromatic heterocycles. The third kappa shape index (κ3) is 4.43. The van der Waals surface area contributed by atoms with Crippen LogP contribution < -0.4 is 5.32 Å². The molecule has 5 nitrogen and oxygen atoms in total. The van der Waals surface area contributed by atoms with Crippen LogP contribution in [0.1, 0.15) is 21.6 Å². The van der Waals surface area contributed by atoms with Crippen LogP contribution in [-0.2, 0) is 5.75 Å². The monoisotopic (exact) mass is 408 g/mol. The van der Waals surface area contributed by atoms with Crippen LogP contribution in [0, 0.1) is 6.92 Å². The average Bonchev–Trinajstić information content (AvgIpc) is 3.16. The summed E-state index contributed by atoms with van der Waals surface area (Å²) in [7, 11) is 0. The van der Waals surface area contributed by atoms with E-state index in [4.69, 9.17) is 0 Å². The Morgan fingerprint density at radius 2 is 2.13 bits per heavy atom. The summed E-state index contributed by atoms with van der Waals surface area (Å²) in [5, 5.41) is 11.3. The Morgan fingerprint density at radius 1 is 1.35 bits per heavy atom. The van der Waals surface area contributed by atoms with Crippen LogP contribution in [0.2, 0.25) is 0 Å². The zero-order valence-electron chi connectivity index (χ0n) is 12.2. The normalized spacial score (nSPS) is 10.7. The number of halogens is 1. The second kappa shape index (κ2) is 7.29. The number of aromatic amines is 1. The molecule has 1 amide bonds. The standard InChI is InChI=1S/C15H13BrN4OS2/c1-9-2-4-10(5-3-9)8-22-15-20-19-14(23-15)18-13(21)12-6-11(16)7-17-12/h2-7,17H,8H2,1H3,(H,18,19,21). The number of H-pyrrole nitrogens is 1. The van der Waals surface area contributed by atoms with E-state index in [0.717, 1.165) is 14.6 Å². The predicted molar refractivity (Wildman–Crippen MR) is 97.1 cm³/mol. The third-order valence-electron chi connectivity index (χ3n) is 3.00. The van der Waals surface area contributed by atoms with Gasteiger partial charge in [-0.15, -0.1) is 10.2 Å². The molecule has 0 atom stereocenters. The van der Waals surface area contributed by atoms with E-state index in [9.17, 15) is 4.79 Å². The Kier molecular flexibility index (Phi) is 5.14. The summed E-state index contributed by atoms with van der Waals surface area (Å²) in [5.41, 5.74) is 2.95. The molecular weight excluding hydrogens is 396 g/mol. The first-order valence-corrected chi connectivity index (χ1v) is 9.37. The molecule has 0 unspecified atom stereocenters. The minimum Gasteiger partial charge on any atom is -0.356 e. The zero-order chi connectivity index (χ0) is 16.2. The third-order valence-corrected chi connectivity index (χ3v) is 5.50. The van der Waals surface area contributed by atoms with Gasteiger partial charge in [0.25, 0.3) is 5.91 Å². The van der Waals surface area contributed by atoms with E-state index in [1.165, 1.54) is 22.5 Å². The van der Waals surface area contributed by atoms with Gasteiger partial charge >= 0.3 is 0 Å². The van der Waals surface area contributed by atoms with Crippen LogP contribution in [0.4, 0.5) is 5.13 Å². The summed E-state index contributed by atoms with van der Waals surface area (Å²) in [4.78, 5) is 14.9. The van der Waals surface area contributed by atoms with Gasteiger partial charge in [0.15, 0.2) is 4.34 Å². The Hall–Kier alpha value is -1.64. The van der Waals surface area contributed by atoms with Crippen molar-refractivity contribution in [2.75, 3.05) is 5.32 Å². The number of nitrogens with one attached hydrogen (secondary N) is 2. The average molecular weight is 409 g/mol. The number of aromatic nitrogens is 3. The number of rotatable bonds is 5. The molecular formula is C15H13BrN4OS2. The highest BCUT2D eigenvalue weighted by molar-refractivity contribution is 9.10. The second-order valence-electron chi connectivity index (χ2n) is 4.83. The van der Waals surface area contributed by atoms with E-state index in [1.807, 2.05) is 0 Å². The van der Waals surface area contributed by atoms with Crippen LogP contribution >= 0.6 is 39.0 Å². The number of aryl methyl sites for hydroxylation is 1. The van der Waals surface area contributed by atoms with E-state index >= 15 is 0 Å². The Labute approximate surface area is 150 Å². The Bertz CT molecular complexity index is 813. The van der Waals surface area contributed by atoms with Crippen molar-refractivity contribution in [2.24, 2.45) is 0 Å². The van der Waals surface area contributed by atoms with Crippen LogP contribution in [0.25, 0.3) is 0 Å². The first kappa shape index (κ1) is 16.2. The fraction of sp³-hybridized carbons (Fsp3) is 0.133.